The van der Waals surface area contributed by atoms with Crippen molar-refractivity contribution in [2.24, 2.45) is 5.92 Å². The standard InChI is InChI=1S/C16H20BrNO4/c1-2-11(9-12-5-3-4-6-13(12)17)14(19)18-16(15(20)21)7-8-22-10-16/h3-6,11H,2,7-10H2,1H3,(H,18,19)(H,20,21). The minimum Gasteiger partial charge on any atom is -0.479 e. The summed E-state index contributed by atoms with van der Waals surface area (Å²) in [6, 6.07) is 7.74. The van der Waals surface area contributed by atoms with Crippen LogP contribution in [0.15, 0.2) is 28.7 Å². The van der Waals surface area contributed by atoms with Crippen LogP contribution < -0.4 is 5.32 Å². The molecule has 1 fully saturated rings. The van der Waals surface area contributed by atoms with E-state index < -0.39 is 11.5 Å². The molecule has 2 N–H and O–H groups in total. The number of amides is 1. The van der Waals surface area contributed by atoms with Gasteiger partial charge in [-0.1, -0.05) is 41.1 Å². The lowest BCUT2D eigenvalue weighted by atomic mass is 9.93. The summed E-state index contributed by atoms with van der Waals surface area (Å²) in [5.41, 5.74) is -0.241. The van der Waals surface area contributed by atoms with Gasteiger partial charge in [0.05, 0.1) is 6.61 Å². The fourth-order valence-electron chi connectivity index (χ4n) is 2.58. The Morgan fingerprint density at radius 1 is 1.45 bits per heavy atom. The summed E-state index contributed by atoms with van der Waals surface area (Å²) >= 11 is 3.48. The summed E-state index contributed by atoms with van der Waals surface area (Å²) in [4.78, 5) is 24.0. The van der Waals surface area contributed by atoms with Crippen LogP contribution in [0.4, 0.5) is 0 Å². The maximum absolute atomic E-state index is 12.5. The number of benzene rings is 1. The van der Waals surface area contributed by atoms with Gasteiger partial charge in [-0.2, -0.15) is 0 Å². The molecule has 1 aliphatic heterocycles. The van der Waals surface area contributed by atoms with Crippen molar-refractivity contribution in [2.45, 2.75) is 31.7 Å². The average molecular weight is 370 g/mol. The largest absolute Gasteiger partial charge is 0.479 e. The van der Waals surface area contributed by atoms with Crippen LogP contribution >= 0.6 is 15.9 Å². The maximum Gasteiger partial charge on any atom is 0.331 e. The molecule has 2 unspecified atom stereocenters. The summed E-state index contributed by atoms with van der Waals surface area (Å²) in [5, 5.41) is 12.1. The number of rotatable bonds is 6. The molecule has 22 heavy (non-hydrogen) atoms. The van der Waals surface area contributed by atoms with Crippen molar-refractivity contribution in [3.63, 3.8) is 0 Å². The molecule has 1 heterocycles. The van der Waals surface area contributed by atoms with Crippen molar-refractivity contribution in [3.05, 3.63) is 34.3 Å². The first-order chi connectivity index (χ1) is 10.5. The number of carbonyl (C=O) groups is 2. The van der Waals surface area contributed by atoms with Crippen LogP contribution in [0.1, 0.15) is 25.3 Å². The fourth-order valence-corrected chi connectivity index (χ4v) is 3.02. The van der Waals surface area contributed by atoms with Gasteiger partial charge in [-0.15, -0.1) is 0 Å². The van der Waals surface area contributed by atoms with Gasteiger partial charge < -0.3 is 15.2 Å². The molecule has 0 bridgehead atoms. The van der Waals surface area contributed by atoms with E-state index in [0.29, 0.717) is 25.9 Å². The van der Waals surface area contributed by atoms with Crippen LogP contribution in [0.3, 0.4) is 0 Å². The van der Waals surface area contributed by atoms with E-state index >= 15 is 0 Å². The molecule has 1 aliphatic rings. The third-order valence-corrected chi connectivity index (χ3v) is 4.85. The molecule has 1 aromatic carbocycles. The quantitative estimate of drug-likeness (QED) is 0.806. The molecule has 2 atom stereocenters. The third-order valence-electron chi connectivity index (χ3n) is 4.08. The van der Waals surface area contributed by atoms with Crippen LogP contribution in [0.2, 0.25) is 0 Å². The zero-order valence-electron chi connectivity index (χ0n) is 12.5. The number of carboxylic acids is 1. The van der Waals surface area contributed by atoms with Crippen LogP contribution in [0.25, 0.3) is 0 Å². The second-order valence-electron chi connectivity index (χ2n) is 5.58. The SMILES string of the molecule is CCC(Cc1ccccc1Br)C(=O)NC1(C(=O)O)CCOC1. The van der Waals surface area contributed by atoms with E-state index in [2.05, 4.69) is 21.2 Å². The van der Waals surface area contributed by atoms with Crippen molar-refractivity contribution < 1.29 is 19.4 Å². The number of nitrogens with one attached hydrogen (secondary N) is 1. The van der Waals surface area contributed by atoms with Crippen LogP contribution in [0, 0.1) is 5.92 Å². The Balaban J connectivity index is 2.09. The number of hydrogen-bond donors (Lipinski definition) is 2. The monoisotopic (exact) mass is 369 g/mol. The predicted molar refractivity (Wildman–Crippen MR) is 85.6 cm³/mol. The van der Waals surface area contributed by atoms with Gasteiger partial charge >= 0.3 is 5.97 Å². The van der Waals surface area contributed by atoms with Gasteiger partial charge in [0, 0.05) is 23.4 Å². The first-order valence-corrected chi connectivity index (χ1v) is 8.14. The second kappa shape index (κ2) is 7.24. The van der Waals surface area contributed by atoms with E-state index in [1.54, 1.807) is 0 Å². The first-order valence-electron chi connectivity index (χ1n) is 7.35. The second-order valence-corrected chi connectivity index (χ2v) is 6.43. The van der Waals surface area contributed by atoms with E-state index in [-0.39, 0.29) is 18.4 Å². The Hall–Kier alpha value is -1.40. The van der Waals surface area contributed by atoms with Gasteiger partial charge in [-0.25, -0.2) is 4.79 Å². The van der Waals surface area contributed by atoms with Gasteiger partial charge in [0.2, 0.25) is 5.91 Å². The summed E-state index contributed by atoms with van der Waals surface area (Å²) in [6.07, 6.45) is 1.52. The zero-order valence-corrected chi connectivity index (χ0v) is 14.1. The van der Waals surface area contributed by atoms with Crippen LogP contribution in [-0.4, -0.2) is 35.7 Å². The highest BCUT2D eigenvalue weighted by Gasteiger charge is 2.44. The highest BCUT2D eigenvalue weighted by atomic mass is 79.9. The molecule has 2 rings (SSSR count). The Labute approximate surface area is 138 Å². The summed E-state index contributed by atoms with van der Waals surface area (Å²) < 4.78 is 6.13. The fraction of sp³-hybridized carbons (Fsp3) is 0.500. The van der Waals surface area contributed by atoms with Crippen molar-refractivity contribution in [2.75, 3.05) is 13.2 Å². The molecule has 1 amide bonds. The molecule has 120 valence electrons. The van der Waals surface area contributed by atoms with Gasteiger partial charge in [0.15, 0.2) is 5.54 Å². The Morgan fingerprint density at radius 2 is 2.18 bits per heavy atom. The lowest BCUT2D eigenvalue weighted by Crippen LogP contribution is -2.56. The Bertz CT molecular complexity index is 555. The highest BCUT2D eigenvalue weighted by molar-refractivity contribution is 9.10. The number of ether oxygens (including phenoxy) is 1. The molecule has 0 spiro atoms. The lowest BCUT2D eigenvalue weighted by molar-refractivity contribution is -0.148. The Kier molecular flexibility index (Phi) is 5.58. The van der Waals surface area contributed by atoms with Gasteiger partial charge in [0.1, 0.15) is 0 Å². The van der Waals surface area contributed by atoms with Crippen molar-refractivity contribution in [3.8, 4) is 0 Å². The zero-order chi connectivity index (χ0) is 16.2. The lowest BCUT2D eigenvalue weighted by Gasteiger charge is -2.26. The minimum atomic E-state index is -1.28. The van der Waals surface area contributed by atoms with Gasteiger partial charge in [0.25, 0.3) is 0 Å². The first kappa shape index (κ1) is 17.0. The normalized spacial score (nSPS) is 22.3. The number of hydrogen-bond acceptors (Lipinski definition) is 3. The molecular weight excluding hydrogens is 350 g/mol. The number of halogens is 1. The molecule has 0 aliphatic carbocycles. The van der Waals surface area contributed by atoms with E-state index in [9.17, 15) is 14.7 Å². The molecule has 0 radical (unpaired) electrons. The summed E-state index contributed by atoms with van der Waals surface area (Å²) in [5.74, 6) is -1.53. The van der Waals surface area contributed by atoms with Crippen molar-refractivity contribution in [1.82, 2.24) is 5.32 Å². The summed E-state index contributed by atoms with van der Waals surface area (Å²) in [7, 11) is 0. The highest BCUT2D eigenvalue weighted by Crippen LogP contribution is 2.24. The van der Waals surface area contributed by atoms with E-state index in [1.807, 2.05) is 31.2 Å². The number of aliphatic carboxylic acids is 1. The van der Waals surface area contributed by atoms with Gasteiger partial charge in [-0.3, -0.25) is 4.79 Å². The maximum atomic E-state index is 12.5. The molecular formula is C16H20BrNO4. The molecule has 0 saturated carbocycles. The Morgan fingerprint density at radius 3 is 2.73 bits per heavy atom. The smallest absolute Gasteiger partial charge is 0.331 e. The predicted octanol–water partition coefficient (Wildman–Crippen LogP) is 2.38. The van der Waals surface area contributed by atoms with E-state index in [0.717, 1.165) is 10.0 Å². The molecule has 1 aromatic rings. The topological polar surface area (TPSA) is 75.6 Å². The molecule has 1 saturated heterocycles. The number of carbonyl (C=O) groups excluding carboxylic acids is 1. The van der Waals surface area contributed by atoms with Crippen LogP contribution in [0.5, 0.6) is 0 Å². The van der Waals surface area contributed by atoms with Crippen molar-refractivity contribution in [1.29, 1.82) is 0 Å². The van der Waals surface area contributed by atoms with E-state index in [1.165, 1.54) is 0 Å². The van der Waals surface area contributed by atoms with Crippen molar-refractivity contribution >= 4 is 27.8 Å². The number of carboxylic acid groups (broad SMARTS) is 1. The third kappa shape index (κ3) is 3.67. The van der Waals surface area contributed by atoms with Crippen LogP contribution in [-0.2, 0) is 20.7 Å². The van der Waals surface area contributed by atoms with Gasteiger partial charge in [-0.05, 0) is 24.5 Å². The minimum absolute atomic E-state index is 0.0273. The molecule has 0 aromatic heterocycles. The molecule has 5 nitrogen and oxygen atoms in total. The van der Waals surface area contributed by atoms with E-state index in [4.69, 9.17) is 4.74 Å². The summed E-state index contributed by atoms with van der Waals surface area (Å²) in [6.45, 7) is 2.31. The average Bonchev–Trinajstić information content (AvgIpc) is 2.96. The molecule has 6 heteroatoms.